The molecule has 124 valence electrons. The van der Waals surface area contributed by atoms with Crippen molar-refractivity contribution < 1.29 is 14.7 Å². The number of carbonyl (C=O) groups excluding carboxylic acids is 1. The molecule has 2 N–H and O–H groups in total. The highest BCUT2D eigenvalue weighted by molar-refractivity contribution is 6.01. The van der Waals surface area contributed by atoms with E-state index < -0.39 is 12.0 Å². The predicted octanol–water partition coefficient (Wildman–Crippen LogP) is 2.34. The standard InChI is InChI=1S/C19H20N2O3/c1-13(22)19(23)20-12-17-11-18(21-24-17)16-9-7-15(8-10-16)14-5-3-2-4-6-14/h2-10,13,17,22H,11-12H2,1H3,(H,20,23)/t13-,17+/m0/s1. The summed E-state index contributed by atoms with van der Waals surface area (Å²) in [6.07, 6.45) is -0.584. The van der Waals surface area contributed by atoms with Gasteiger partial charge in [0, 0.05) is 6.42 Å². The van der Waals surface area contributed by atoms with E-state index in [1.807, 2.05) is 30.3 Å². The molecule has 2 aromatic rings. The topological polar surface area (TPSA) is 70.9 Å². The number of hydrogen-bond acceptors (Lipinski definition) is 4. The van der Waals surface area contributed by atoms with E-state index in [1.165, 1.54) is 12.5 Å². The molecule has 0 aromatic heterocycles. The van der Waals surface area contributed by atoms with E-state index in [9.17, 15) is 4.79 Å². The Bertz CT molecular complexity index is 724. The number of carbonyl (C=O) groups is 1. The summed E-state index contributed by atoms with van der Waals surface area (Å²) < 4.78 is 0. The second-order valence-corrected chi connectivity index (χ2v) is 5.83. The number of benzene rings is 2. The van der Waals surface area contributed by atoms with Gasteiger partial charge in [0.05, 0.1) is 12.3 Å². The number of oxime groups is 1. The third kappa shape index (κ3) is 3.81. The van der Waals surface area contributed by atoms with Crippen molar-refractivity contribution >= 4 is 11.6 Å². The maximum absolute atomic E-state index is 11.4. The van der Waals surface area contributed by atoms with Gasteiger partial charge in [0.25, 0.3) is 0 Å². The Labute approximate surface area is 141 Å². The molecule has 0 spiro atoms. The van der Waals surface area contributed by atoms with Crippen LogP contribution in [0.15, 0.2) is 59.8 Å². The van der Waals surface area contributed by atoms with Gasteiger partial charge in [-0.05, 0) is 23.6 Å². The Morgan fingerprint density at radius 2 is 1.79 bits per heavy atom. The quantitative estimate of drug-likeness (QED) is 0.887. The van der Waals surface area contributed by atoms with Crippen molar-refractivity contribution in [3.63, 3.8) is 0 Å². The molecular weight excluding hydrogens is 304 g/mol. The monoisotopic (exact) mass is 324 g/mol. The number of amides is 1. The van der Waals surface area contributed by atoms with E-state index in [1.54, 1.807) is 0 Å². The molecule has 0 saturated carbocycles. The van der Waals surface area contributed by atoms with Crippen LogP contribution >= 0.6 is 0 Å². The van der Waals surface area contributed by atoms with Crippen LogP contribution in [0.1, 0.15) is 18.9 Å². The third-order valence-corrected chi connectivity index (χ3v) is 3.94. The largest absolute Gasteiger partial charge is 0.390 e. The third-order valence-electron chi connectivity index (χ3n) is 3.94. The number of aliphatic hydroxyl groups excluding tert-OH is 1. The van der Waals surface area contributed by atoms with E-state index in [4.69, 9.17) is 9.94 Å². The van der Waals surface area contributed by atoms with Crippen LogP contribution in [0.25, 0.3) is 11.1 Å². The molecule has 3 rings (SSSR count). The van der Waals surface area contributed by atoms with Crippen molar-refractivity contribution in [3.8, 4) is 11.1 Å². The molecule has 5 heteroatoms. The Kier molecular flexibility index (Phi) is 4.91. The SMILES string of the molecule is C[C@H](O)C(=O)NC[C@H]1CC(c2ccc(-c3ccccc3)cc2)=NO1. The molecule has 24 heavy (non-hydrogen) atoms. The van der Waals surface area contributed by atoms with Crippen molar-refractivity contribution in [3.05, 3.63) is 60.2 Å². The van der Waals surface area contributed by atoms with Crippen LogP contribution in [0.4, 0.5) is 0 Å². The lowest BCUT2D eigenvalue weighted by molar-refractivity contribution is -0.129. The van der Waals surface area contributed by atoms with Gasteiger partial charge < -0.3 is 15.3 Å². The minimum atomic E-state index is -1.02. The summed E-state index contributed by atoms with van der Waals surface area (Å²) in [6, 6.07) is 18.4. The highest BCUT2D eigenvalue weighted by atomic mass is 16.6. The van der Waals surface area contributed by atoms with Crippen LogP contribution in [0.3, 0.4) is 0 Å². The fraction of sp³-hybridized carbons (Fsp3) is 0.263. The van der Waals surface area contributed by atoms with Gasteiger partial charge in [0.1, 0.15) is 12.2 Å². The molecule has 1 amide bonds. The smallest absolute Gasteiger partial charge is 0.248 e. The van der Waals surface area contributed by atoms with Gasteiger partial charge in [-0.3, -0.25) is 4.79 Å². The highest BCUT2D eigenvalue weighted by Crippen LogP contribution is 2.22. The summed E-state index contributed by atoms with van der Waals surface area (Å²) in [5, 5.41) is 15.9. The predicted molar refractivity (Wildman–Crippen MR) is 92.6 cm³/mol. The van der Waals surface area contributed by atoms with Crippen LogP contribution < -0.4 is 5.32 Å². The first-order valence-electron chi connectivity index (χ1n) is 7.98. The Morgan fingerprint density at radius 1 is 1.17 bits per heavy atom. The van der Waals surface area contributed by atoms with Gasteiger partial charge in [-0.2, -0.15) is 0 Å². The average molecular weight is 324 g/mol. The molecule has 0 aliphatic carbocycles. The van der Waals surface area contributed by atoms with Crippen molar-refractivity contribution in [1.29, 1.82) is 0 Å². The molecule has 0 unspecified atom stereocenters. The first kappa shape index (κ1) is 16.2. The minimum Gasteiger partial charge on any atom is -0.390 e. The summed E-state index contributed by atoms with van der Waals surface area (Å²) in [6.45, 7) is 1.76. The zero-order valence-corrected chi connectivity index (χ0v) is 13.5. The Balaban J connectivity index is 1.59. The maximum Gasteiger partial charge on any atom is 0.248 e. The fourth-order valence-electron chi connectivity index (χ4n) is 2.56. The van der Waals surface area contributed by atoms with E-state index in [2.05, 4.69) is 34.7 Å². The van der Waals surface area contributed by atoms with E-state index in [0.29, 0.717) is 13.0 Å². The van der Waals surface area contributed by atoms with Crippen molar-refractivity contribution in [2.24, 2.45) is 5.16 Å². The molecule has 2 atom stereocenters. The molecule has 0 bridgehead atoms. The first-order chi connectivity index (χ1) is 11.6. The zero-order chi connectivity index (χ0) is 16.9. The molecule has 1 heterocycles. The molecule has 0 fully saturated rings. The van der Waals surface area contributed by atoms with Crippen LogP contribution in [0.2, 0.25) is 0 Å². The highest BCUT2D eigenvalue weighted by Gasteiger charge is 2.23. The molecule has 2 aromatic carbocycles. The summed E-state index contributed by atoms with van der Waals surface area (Å²) in [7, 11) is 0. The van der Waals surface area contributed by atoms with Crippen molar-refractivity contribution in [2.75, 3.05) is 6.54 Å². The molecule has 5 nitrogen and oxygen atoms in total. The molecule has 0 saturated heterocycles. The second-order valence-electron chi connectivity index (χ2n) is 5.83. The number of nitrogens with one attached hydrogen (secondary N) is 1. The maximum atomic E-state index is 11.4. The number of rotatable bonds is 5. The summed E-state index contributed by atoms with van der Waals surface area (Å²) >= 11 is 0. The average Bonchev–Trinajstić information content (AvgIpc) is 3.09. The molecule has 0 radical (unpaired) electrons. The molecular formula is C19H20N2O3. The van der Waals surface area contributed by atoms with Crippen LogP contribution in [0, 0.1) is 0 Å². The van der Waals surface area contributed by atoms with Crippen molar-refractivity contribution in [2.45, 2.75) is 25.6 Å². The van der Waals surface area contributed by atoms with Crippen LogP contribution in [-0.4, -0.2) is 35.5 Å². The lowest BCUT2D eigenvalue weighted by Crippen LogP contribution is -2.37. The number of nitrogens with zero attached hydrogens (tertiary/aromatic N) is 1. The number of hydrogen-bond donors (Lipinski definition) is 2. The lowest BCUT2D eigenvalue weighted by atomic mass is 10.00. The van der Waals surface area contributed by atoms with E-state index in [-0.39, 0.29) is 6.10 Å². The van der Waals surface area contributed by atoms with Crippen LogP contribution in [0.5, 0.6) is 0 Å². The Morgan fingerprint density at radius 3 is 2.46 bits per heavy atom. The van der Waals surface area contributed by atoms with Gasteiger partial charge in [-0.1, -0.05) is 59.8 Å². The molecule has 1 aliphatic heterocycles. The van der Waals surface area contributed by atoms with Gasteiger partial charge in [0.15, 0.2) is 0 Å². The lowest BCUT2D eigenvalue weighted by Gasteiger charge is -2.11. The minimum absolute atomic E-state index is 0.198. The van der Waals surface area contributed by atoms with Gasteiger partial charge >= 0.3 is 0 Å². The van der Waals surface area contributed by atoms with Gasteiger partial charge in [-0.25, -0.2) is 0 Å². The van der Waals surface area contributed by atoms with Crippen molar-refractivity contribution in [1.82, 2.24) is 5.32 Å². The summed E-state index contributed by atoms with van der Waals surface area (Å²) in [5.41, 5.74) is 4.21. The number of aliphatic hydroxyl groups is 1. The van der Waals surface area contributed by atoms with E-state index >= 15 is 0 Å². The van der Waals surface area contributed by atoms with Crippen LogP contribution in [-0.2, 0) is 9.63 Å². The first-order valence-corrected chi connectivity index (χ1v) is 7.98. The zero-order valence-electron chi connectivity index (χ0n) is 13.5. The normalized spacial score (nSPS) is 17.8. The fourth-order valence-corrected chi connectivity index (χ4v) is 2.56. The summed E-state index contributed by atoms with van der Waals surface area (Å²) in [4.78, 5) is 16.7. The Hall–Kier alpha value is -2.66. The molecule has 1 aliphatic rings. The van der Waals surface area contributed by atoms with E-state index in [0.717, 1.165) is 16.8 Å². The summed E-state index contributed by atoms with van der Waals surface area (Å²) in [5.74, 6) is -0.403. The van der Waals surface area contributed by atoms with Gasteiger partial charge in [-0.15, -0.1) is 0 Å². The van der Waals surface area contributed by atoms with Gasteiger partial charge in [0.2, 0.25) is 5.91 Å². The second kappa shape index (κ2) is 7.27.